The maximum atomic E-state index is 14.5. The van der Waals surface area contributed by atoms with E-state index in [1.807, 2.05) is 24.3 Å². The molecule has 7 rings (SSSR count). The fraction of sp³-hybridized carbons (Fsp3) is 0.361. The number of nitrogens with zero attached hydrogens (tertiary/aromatic N) is 5. The Kier molecular flexibility index (Phi) is 7.36. The molecule has 0 radical (unpaired) electrons. The van der Waals surface area contributed by atoms with Crippen LogP contribution in [0, 0.1) is 11.3 Å². The lowest BCUT2D eigenvalue weighted by atomic mass is 9.98. The number of benzene rings is 3. The standard InChI is InChI=1S/C36H37N5O/c37-23-26-10-12-28(13-11-26)29-14-15-34-32(21-29)33(36(42)41-19-6-9-31(41)25-39-17-4-5-18-39)22-35(38-34)40-20-16-30(24-40)27-7-2-1-3-8-27/h1-3,7-8,10-15,21-22,30-31H,4-6,9,16-20,24-25H2/t30?,31-/m0/s1. The zero-order valence-corrected chi connectivity index (χ0v) is 24.1. The van der Waals surface area contributed by atoms with E-state index >= 15 is 0 Å². The van der Waals surface area contributed by atoms with E-state index in [0.29, 0.717) is 11.5 Å². The van der Waals surface area contributed by atoms with E-state index in [4.69, 9.17) is 4.98 Å². The Morgan fingerprint density at radius 2 is 1.64 bits per heavy atom. The van der Waals surface area contributed by atoms with Crippen molar-refractivity contribution >= 4 is 22.6 Å². The van der Waals surface area contributed by atoms with E-state index in [1.165, 1.54) is 18.4 Å². The van der Waals surface area contributed by atoms with Crippen LogP contribution in [0.5, 0.6) is 0 Å². The van der Waals surface area contributed by atoms with E-state index in [2.05, 4.69) is 75.4 Å². The van der Waals surface area contributed by atoms with Gasteiger partial charge in [0.05, 0.1) is 22.7 Å². The number of carbonyl (C=O) groups excluding carboxylic acids is 1. The zero-order chi connectivity index (χ0) is 28.5. The molecular weight excluding hydrogens is 518 g/mol. The summed E-state index contributed by atoms with van der Waals surface area (Å²) in [7, 11) is 0. The minimum atomic E-state index is 0.126. The summed E-state index contributed by atoms with van der Waals surface area (Å²) in [6, 6.07) is 29.1. The van der Waals surface area contributed by atoms with Crippen molar-refractivity contribution in [2.24, 2.45) is 0 Å². The number of pyridine rings is 1. The Morgan fingerprint density at radius 3 is 2.43 bits per heavy atom. The van der Waals surface area contributed by atoms with E-state index < -0.39 is 0 Å². The molecule has 1 aromatic heterocycles. The lowest BCUT2D eigenvalue weighted by Gasteiger charge is -2.29. The first-order valence-electron chi connectivity index (χ1n) is 15.4. The largest absolute Gasteiger partial charge is 0.356 e. The Bertz CT molecular complexity index is 1620. The molecule has 3 saturated heterocycles. The van der Waals surface area contributed by atoms with Crippen LogP contribution in [0.15, 0.2) is 78.9 Å². The Balaban J connectivity index is 1.26. The highest BCUT2D eigenvalue weighted by molar-refractivity contribution is 6.08. The van der Waals surface area contributed by atoms with Gasteiger partial charge in [0.2, 0.25) is 0 Å². The van der Waals surface area contributed by atoms with Crippen molar-refractivity contribution in [3.63, 3.8) is 0 Å². The highest BCUT2D eigenvalue weighted by Crippen LogP contribution is 2.35. The summed E-state index contributed by atoms with van der Waals surface area (Å²) in [5, 5.41) is 10.1. The van der Waals surface area contributed by atoms with Crippen molar-refractivity contribution in [1.82, 2.24) is 14.8 Å². The summed E-state index contributed by atoms with van der Waals surface area (Å²) in [6.45, 7) is 5.91. The van der Waals surface area contributed by atoms with Gasteiger partial charge in [-0.2, -0.15) is 5.26 Å². The molecule has 0 aliphatic carbocycles. The second-order valence-corrected chi connectivity index (χ2v) is 12.1. The average molecular weight is 556 g/mol. The van der Waals surface area contributed by atoms with E-state index in [-0.39, 0.29) is 11.9 Å². The van der Waals surface area contributed by atoms with Crippen molar-refractivity contribution < 1.29 is 4.79 Å². The van der Waals surface area contributed by atoms with Gasteiger partial charge >= 0.3 is 0 Å². The summed E-state index contributed by atoms with van der Waals surface area (Å²) in [5.74, 6) is 1.48. The molecule has 4 aromatic rings. The number of carbonyl (C=O) groups is 1. The van der Waals surface area contributed by atoms with Crippen LogP contribution in [-0.2, 0) is 0 Å². The Hall–Kier alpha value is -4.21. The number of amides is 1. The maximum absolute atomic E-state index is 14.5. The van der Waals surface area contributed by atoms with Gasteiger partial charge in [0, 0.05) is 43.5 Å². The molecule has 0 spiro atoms. The molecular formula is C36H37N5O. The monoisotopic (exact) mass is 555 g/mol. The Labute approximate surface area is 248 Å². The van der Waals surface area contributed by atoms with Gasteiger partial charge in [-0.15, -0.1) is 0 Å². The van der Waals surface area contributed by atoms with Crippen LogP contribution < -0.4 is 4.90 Å². The second-order valence-electron chi connectivity index (χ2n) is 12.1. The Morgan fingerprint density at radius 1 is 0.857 bits per heavy atom. The fourth-order valence-corrected chi connectivity index (χ4v) is 7.14. The third-order valence-corrected chi connectivity index (χ3v) is 9.46. The molecule has 1 amide bonds. The van der Waals surface area contributed by atoms with E-state index in [1.54, 1.807) is 0 Å². The van der Waals surface area contributed by atoms with Gasteiger partial charge in [0.25, 0.3) is 5.91 Å². The molecule has 3 aromatic carbocycles. The first-order chi connectivity index (χ1) is 20.7. The van der Waals surface area contributed by atoms with Crippen molar-refractivity contribution in [3.05, 3.63) is 95.6 Å². The second kappa shape index (κ2) is 11.6. The molecule has 3 fully saturated rings. The highest BCUT2D eigenvalue weighted by atomic mass is 16.2. The number of rotatable bonds is 6. The molecule has 6 nitrogen and oxygen atoms in total. The minimum absolute atomic E-state index is 0.126. The lowest BCUT2D eigenvalue weighted by molar-refractivity contribution is 0.0710. The van der Waals surface area contributed by atoms with Gasteiger partial charge in [-0.3, -0.25) is 4.79 Å². The first-order valence-corrected chi connectivity index (χ1v) is 15.4. The molecule has 4 heterocycles. The van der Waals surface area contributed by atoms with Gasteiger partial charge in [0.1, 0.15) is 5.82 Å². The normalized spacial score (nSPS) is 20.8. The lowest BCUT2D eigenvalue weighted by Crippen LogP contribution is -2.42. The summed E-state index contributed by atoms with van der Waals surface area (Å²) in [5.41, 5.74) is 5.66. The molecule has 42 heavy (non-hydrogen) atoms. The first kappa shape index (κ1) is 26.7. The molecule has 2 atom stereocenters. The van der Waals surface area contributed by atoms with Crippen LogP contribution in [0.2, 0.25) is 0 Å². The molecule has 0 bridgehead atoms. The van der Waals surface area contributed by atoms with Crippen LogP contribution in [0.25, 0.3) is 22.0 Å². The van der Waals surface area contributed by atoms with Crippen LogP contribution in [0.4, 0.5) is 5.82 Å². The maximum Gasteiger partial charge on any atom is 0.254 e. The van der Waals surface area contributed by atoms with Crippen molar-refractivity contribution in [2.75, 3.05) is 44.2 Å². The SMILES string of the molecule is N#Cc1ccc(-c2ccc3nc(N4CCC(c5ccccc5)C4)cc(C(=O)N4CCC[C@H]4CN4CCCC4)c3c2)cc1. The molecule has 1 unspecified atom stereocenters. The summed E-state index contributed by atoms with van der Waals surface area (Å²) >= 11 is 0. The molecule has 3 aliphatic rings. The number of hydrogen-bond donors (Lipinski definition) is 0. The molecule has 6 heteroatoms. The van der Waals surface area contributed by atoms with Crippen molar-refractivity contribution in [3.8, 4) is 17.2 Å². The summed E-state index contributed by atoms with van der Waals surface area (Å²) in [6.07, 6.45) is 5.73. The van der Waals surface area contributed by atoms with Gasteiger partial charge in [-0.05, 0) is 92.2 Å². The van der Waals surface area contributed by atoms with Gasteiger partial charge in [-0.25, -0.2) is 4.98 Å². The smallest absolute Gasteiger partial charge is 0.254 e. The topological polar surface area (TPSA) is 63.5 Å². The third kappa shape index (κ3) is 5.26. The number of fused-ring (bicyclic) bond motifs is 1. The number of likely N-dealkylation sites (tertiary alicyclic amines) is 2. The zero-order valence-electron chi connectivity index (χ0n) is 24.1. The fourth-order valence-electron chi connectivity index (χ4n) is 7.14. The van der Waals surface area contributed by atoms with Crippen LogP contribution >= 0.6 is 0 Å². The van der Waals surface area contributed by atoms with Crippen LogP contribution in [-0.4, -0.2) is 66.0 Å². The third-order valence-electron chi connectivity index (χ3n) is 9.46. The number of anilines is 1. The quantitative estimate of drug-likeness (QED) is 0.273. The van der Waals surface area contributed by atoms with Gasteiger partial charge in [0.15, 0.2) is 0 Å². The van der Waals surface area contributed by atoms with Gasteiger partial charge in [-0.1, -0.05) is 48.5 Å². The number of hydrogen-bond acceptors (Lipinski definition) is 5. The van der Waals surface area contributed by atoms with Crippen LogP contribution in [0.1, 0.15) is 59.5 Å². The van der Waals surface area contributed by atoms with Crippen LogP contribution in [0.3, 0.4) is 0 Å². The predicted octanol–water partition coefficient (Wildman–Crippen LogP) is 6.47. The van der Waals surface area contributed by atoms with E-state index in [9.17, 15) is 10.1 Å². The summed E-state index contributed by atoms with van der Waals surface area (Å²) < 4.78 is 0. The average Bonchev–Trinajstić information content (AvgIpc) is 3.84. The molecule has 0 N–H and O–H groups in total. The minimum Gasteiger partial charge on any atom is -0.356 e. The molecule has 212 valence electrons. The van der Waals surface area contributed by atoms with E-state index in [0.717, 1.165) is 91.9 Å². The van der Waals surface area contributed by atoms with Crippen molar-refractivity contribution in [1.29, 1.82) is 5.26 Å². The number of nitriles is 1. The van der Waals surface area contributed by atoms with Gasteiger partial charge < -0.3 is 14.7 Å². The number of aromatic nitrogens is 1. The highest BCUT2D eigenvalue weighted by Gasteiger charge is 2.33. The molecule has 3 aliphatic heterocycles. The molecule has 0 saturated carbocycles. The summed E-state index contributed by atoms with van der Waals surface area (Å²) in [4.78, 5) is 26.6. The predicted molar refractivity (Wildman–Crippen MR) is 168 cm³/mol. The van der Waals surface area contributed by atoms with Crippen molar-refractivity contribution in [2.45, 2.75) is 44.1 Å².